The maximum absolute atomic E-state index is 11.6. The van der Waals surface area contributed by atoms with Crippen molar-refractivity contribution in [2.45, 2.75) is 37.6 Å². The minimum atomic E-state index is -0.826. The van der Waals surface area contributed by atoms with Crippen LogP contribution in [-0.4, -0.2) is 17.4 Å². The molecule has 0 radical (unpaired) electrons. The Morgan fingerprint density at radius 2 is 1.31 bits per heavy atom. The summed E-state index contributed by atoms with van der Waals surface area (Å²) >= 11 is -0.826. The van der Waals surface area contributed by atoms with E-state index >= 15 is 0 Å². The molecule has 0 saturated heterocycles. The van der Waals surface area contributed by atoms with E-state index in [1.165, 1.54) is 6.42 Å². The van der Waals surface area contributed by atoms with Crippen molar-refractivity contribution in [2.24, 2.45) is 4.99 Å². The van der Waals surface area contributed by atoms with E-state index in [4.69, 9.17) is 22.0 Å². The zero-order valence-electron chi connectivity index (χ0n) is 20.2. The summed E-state index contributed by atoms with van der Waals surface area (Å²) in [7, 11) is 9.87. The summed E-state index contributed by atoms with van der Waals surface area (Å²) in [6.07, 6.45) is 5.39. The first kappa shape index (κ1) is 26.9. The Hall–Kier alpha value is -2.19. The molecule has 0 atom stereocenters. The number of rotatable bonds is 6. The van der Waals surface area contributed by atoms with Crippen LogP contribution in [0.25, 0.3) is 11.1 Å². The molecule has 1 aliphatic carbocycles. The number of aromatic hydroxyl groups is 1. The van der Waals surface area contributed by atoms with Crippen LogP contribution in [0.3, 0.4) is 0 Å². The molecule has 2 nitrogen and oxygen atoms in total. The zero-order chi connectivity index (χ0) is 25.4. The third kappa shape index (κ3) is 6.02. The Balaban J connectivity index is 0.000000967. The van der Waals surface area contributed by atoms with Gasteiger partial charge in [-0.2, -0.15) is 0 Å². The summed E-state index contributed by atoms with van der Waals surface area (Å²) in [6, 6.07) is 35.8. The third-order valence-electron chi connectivity index (χ3n) is 6.99. The van der Waals surface area contributed by atoms with Gasteiger partial charge in [-0.3, -0.25) is 4.99 Å². The second-order valence-electron chi connectivity index (χ2n) is 9.12. The second kappa shape index (κ2) is 12.9. The van der Waals surface area contributed by atoms with E-state index in [0.717, 1.165) is 46.2 Å². The molecule has 1 saturated carbocycles. The number of hydrogen-bond donors (Lipinski definition) is 1. The number of phenolic OH excluding ortho intramolecular Hbond substituents is 1. The van der Waals surface area contributed by atoms with Gasteiger partial charge in [0.2, 0.25) is 0 Å². The Morgan fingerprint density at radius 3 is 1.78 bits per heavy atom. The Morgan fingerprint density at radius 1 is 0.806 bits per heavy atom. The summed E-state index contributed by atoms with van der Waals surface area (Å²) in [4.78, 5) is 4.78. The van der Waals surface area contributed by atoms with E-state index in [1.54, 1.807) is 0 Å². The van der Waals surface area contributed by atoms with Crippen LogP contribution in [0.4, 0.5) is 0 Å². The molecule has 0 aliphatic heterocycles. The number of nitrogens with zero attached hydrogens (tertiary/aromatic N) is 1. The fourth-order valence-corrected chi connectivity index (χ4v) is 4.68. The molecule has 5 rings (SSSR count). The Labute approximate surface area is 232 Å². The van der Waals surface area contributed by atoms with Crippen molar-refractivity contribution in [3.05, 3.63) is 125 Å². The quantitative estimate of drug-likeness (QED) is 0.176. The van der Waals surface area contributed by atoms with E-state index in [0.29, 0.717) is 11.8 Å². The van der Waals surface area contributed by atoms with Crippen LogP contribution in [0.1, 0.15) is 48.4 Å². The molecule has 0 heterocycles. The number of benzene rings is 4. The van der Waals surface area contributed by atoms with E-state index < -0.39 is 26.3 Å². The van der Waals surface area contributed by atoms with Crippen molar-refractivity contribution in [1.82, 2.24) is 0 Å². The van der Waals surface area contributed by atoms with Crippen molar-refractivity contribution < 1.29 is 26.0 Å². The van der Waals surface area contributed by atoms with Gasteiger partial charge in [0.05, 0.1) is 0 Å². The number of aliphatic imine (C=N–C) groups is 1. The monoisotopic (exact) mass is 591 g/mol. The minimum absolute atomic E-state index is 0.299. The fraction of sp³-hybridized carbons (Fsp3) is 0.194. The molecule has 0 spiro atoms. The molecule has 1 fully saturated rings. The van der Waals surface area contributed by atoms with Gasteiger partial charge in [0.15, 0.2) is 0 Å². The van der Waals surface area contributed by atoms with Gasteiger partial charge in [-0.1, -0.05) is 91.0 Å². The molecule has 0 aromatic heterocycles. The third-order valence-corrected chi connectivity index (χ3v) is 6.99. The van der Waals surface area contributed by atoms with Crippen molar-refractivity contribution in [2.75, 3.05) is 0 Å². The maximum atomic E-state index is 11.6. The van der Waals surface area contributed by atoms with Crippen LogP contribution in [-0.2, 0) is 26.3 Å². The van der Waals surface area contributed by atoms with Gasteiger partial charge >= 0.3 is 37.9 Å². The molecule has 1 N–H and O–H groups in total. The van der Waals surface area contributed by atoms with Crippen LogP contribution >= 0.6 is 17.0 Å². The molecule has 5 heteroatoms. The van der Waals surface area contributed by atoms with Gasteiger partial charge in [-0.25, -0.2) is 0 Å². The van der Waals surface area contributed by atoms with Crippen LogP contribution in [0.15, 0.2) is 108 Å². The fourth-order valence-electron chi connectivity index (χ4n) is 4.68. The van der Waals surface area contributed by atoms with E-state index in [2.05, 4.69) is 91.9 Å². The first-order valence-electron chi connectivity index (χ1n) is 12.1. The zero-order valence-corrected chi connectivity index (χ0v) is 24.2. The Bertz CT molecular complexity index is 1240. The van der Waals surface area contributed by atoms with Crippen LogP contribution in [0.2, 0.25) is 0 Å². The predicted molar refractivity (Wildman–Crippen MR) is 149 cm³/mol. The van der Waals surface area contributed by atoms with Crippen LogP contribution in [0.5, 0.6) is 5.75 Å². The van der Waals surface area contributed by atoms with Gasteiger partial charge in [-0.15, -0.1) is 0 Å². The van der Waals surface area contributed by atoms with Gasteiger partial charge in [0.1, 0.15) is 5.75 Å². The molecule has 36 heavy (non-hydrogen) atoms. The van der Waals surface area contributed by atoms with Gasteiger partial charge in [-0.05, 0) is 60.6 Å². The number of phenols is 1. The Kier molecular flexibility index (Phi) is 9.60. The van der Waals surface area contributed by atoms with Crippen LogP contribution < -0.4 is 0 Å². The van der Waals surface area contributed by atoms with E-state index in [-0.39, 0.29) is 0 Å². The first-order valence-corrected chi connectivity index (χ1v) is 18.4. The SMILES string of the molecule is CC(c1ccccc1)(c1ccccc1)c1cc(-c2ccccc2)cc(C=NC2CCC2)c1O.[Cl][Zr][Cl]. The summed E-state index contributed by atoms with van der Waals surface area (Å²) in [5.74, 6) is 0.299. The molecule has 1 aliphatic rings. The van der Waals surface area contributed by atoms with Crippen molar-refractivity contribution >= 4 is 23.2 Å². The molecule has 4 aromatic rings. The molecule has 4 aromatic carbocycles. The van der Waals surface area contributed by atoms with Crippen molar-refractivity contribution in [3.8, 4) is 16.9 Å². The first-order chi connectivity index (χ1) is 17.6. The normalized spacial score (nSPS) is 13.5. The average Bonchev–Trinajstić information content (AvgIpc) is 2.90. The average molecular weight is 594 g/mol. The van der Waals surface area contributed by atoms with Gasteiger partial charge in [0.25, 0.3) is 0 Å². The standard InChI is InChI=1S/C31H29NO.2ClH.Zr/c1-31(26-14-7-3-8-15-26,27-16-9-4-10-17-27)29-21-24(23-12-5-2-6-13-23)20-25(30(29)33)22-32-28-18-11-19-28;;;/h2-10,12-17,20-22,28,33H,11,18-19H2,1H3;2*1H;/q;;;+2/p-2. The molecule has 0 amide bonds. The van der Waals surface area contributed by atoms with Gasteiger partial charge < -0.3 is 5.11 Å². The molecule has 182 valence electrons. The van der Waals surface area contributed by atoms with Crippen molar-refractivity contribution in [3.63, 3.8) is 0 Å². The van der Waals surface area contributed by atoms with Crippen molar-refractivity contribution in [1.29, 1.82) is 0 Å². The molecule has 0 bridgehead atoms. The summed E-state index contributed by atoms with van der Waals surface area (Å²) in [5.41, 5.74) is 5.61. The van der Waals surface area contributed by atoms with E-state index in [1.807, 2.05) is 24.4 Å². The van der Waals surface area contributed by atoms with Crippen LogP contribution in [0, 0.1) is 0 Å². The molecule has 0 unspecified atom stereocenters. The molecular formula is C31H29Cl2NOZr. The summed E-state index contributed by atoms with van der Waals surface area (Å²) in [5, 5.41) is 11.6. The second-order valence-corrected chi connectivity index (χ2v) is 12.9. The summed E-state index contributed by atoms with van der Waals surface area (Å²) in [6.45, 7) is 2.20. The predicted octanol–water partition coefficient (Wildman–Crippen LogP) is 8.76. The number of hydrogen-bond acceptors (Lipinski definition) is 2. The molecular weight excluding hydrogens is 564 g/mol. The summed E-state index contributed by atoms with van der Waals surface area (Å²) < 4.78 is 0. The number of halogens is 2. The van der Waals surface area contributed by atoms with E-state index in [9.17, 15) is 5.11 Å². The van der Waals surface area contributed by atoms with Gasteiger partial charge in [0, 0.05) is 28.8 Å². The topological polar surface area (TPSA) is 32.6 Å².